The third-order valence-corrected chi connectivity index (χ3v) is 4.46. The van der Waals surface area contributed by atoms with Gasteiger partial charge < -0.3 is 30.2 Å². The summed E-state index contributed by atoms with van der Waals surface area (Å²) in [6.45, 7) is 2.87. The standard InChI is InChI=1S/C23H24N6O3/c1-15-4-3-5-17(12-15)25-23-27-22(28-29-23)16-6-8-18(9-7-16)32-19-13-20(24)26-21(14-19)31-11-10-30-2/h3-9,12-14H,10-11H2,1-2H3,(H2,24,26)(H2,25,27,28,29). The van der Waals surface area contributed by atoms with Crippen LogP contribution in [0.1, 0.15) is 5.56 Å². The molecule has 0 spiro atoms. The Kier molecular flexibility index (Phi) is 6.47. The number of hydrogen-bond donors (Lipinski definition) is 3. The number of aromatic amines is 1. The summed E-state index contributed by atoms with van der Waals surface area (Å²) in [5, 5.41) is 11.6. The van der Waals surface area contributed by atoms with E-state index < -0.39 is 0 Å². The lowest BCUT2D eigenvalue weighted by atomic mass is 10.2. The van der Waals surface area contributed by atoms with Gasteiger partial charge in [-0.05, 0) is 48.9 Å². The molecule has 2 aromatic heterocycles. The molecular formula is C23H24N6O3. The molecule has 2 heterocycles. The number of nitrogen functional groups attached to an aromatic ring is 1. The first kappa shape index (κ1) is 21.1. The number of pyridine rings is 1. The highest BCUT2D eigenvalue weighted by molar-refractivity contribution is 5.60. The van der Waals surface area contributed by atoms with Gasteiger partial charge in [-0.25, -0.2) is 0 Å². The Hall–Kier alpha value is -4.11. The van der Waals surface area contributed by atoms with Crippen molar-refractivity contribution in [3.8, 4) is 28.8 Å². The maximum Gasteiger partial charge on any atom is 0.226 e. The summed E-state index contributed by atoms with van der Waals surface area (Å²) < 4.78 is 16.4. The van der Waals surface area contributed by atoms with Crippen LogP contribution in [0.3, 0.4) is 0 Å². The summed E-state index contributed by atoms with van der Waals surface area (Å²) in [6, 6.07) is 18.8. The van der Waals surface area contributed by atoms with Crippen molar-refractivity contribution >= 4 is 17.5 Å². The average Bonchev–Trinajstić information content (AvgIpc) is 3.22. The monoisotopic (exact) mass is 432 g/mol. The van der Waals surface area contributed by atoms with Gasteiger partial charge in [-0.2, -0.15) is 4.98 Å². The molecule has 9 nitrogen and oxygen atoms in total. The predicted molar refractivity (Wildman–Crippen MR) is 122 cm³/mol. The Labute approximate surface area is 185 Å². The Morgan fingerprint density at radius 3 is 2.59 bits per heavy atom. The van der Waals surface area contributed by atoms with E-state index in [1.54, 1.807) is 19.2 Å². The van der Waals surface area contributed by atoms with Crippen molar-refractivity contribution in [3.63, 3.8) is 0 Å². The maximum absolute atomic E-state index is 5.90. The first-order valence-corrected chi connectivity index (χ1v) is 10.0. The smallest absolute Gasteiger partial charge is 0.226 e. The molecule has 4 rings (SSSR count). The fourth-order valence-electron chi connectivity index (χ4n) is 2.99. The van der Waals surface area contributed by atoms with Crippen molar-refractivity contribution in [3.05, 3.63) is 66.2 Å². The van der Waals surface area contributed by atoms with Crippen molar-refractivity contribution in [1.29, 1.82) is 0 Å². The second-order valence-corrected chi connectivity index (χ2v) is 7.05. The minimum Gasteiger partial charge on any atom is -0.475 e. The molecular weight excluding hydrogens is 408 g/mol. The van der Waals surface area contributed by atoms with Gasteiger partial charge in [0.25, 0.3) is 0 Å². The molecule has 4 aromatic rings. The van der Waals surface area contributed by atoms with Gasteiger partial charge in [0.05, 0.1) is 6.61 Å². The minimum atomic E-state index is 0.307. The van der Waals surface area contributed by atoms with E-state index in [1.165, 1.54) is 0 Å². The van der Waals surface area contributed by atoms with E-state index in [0.717, 1.165) is 16.8 Å². The first-order valence-electron chi connectivity index (χ1n) is 10.0. The SMILES string of the molecule is COCCOc1cc(Oc2ccc(-c3nnc(Nc4cccc(C)c4)[nH]3)cc2)cc(N)n1. The van der Waals surface area contributed by atoms with Crippen molar-refractivity contribution in [2.75, 3.05) is 31.4 Å². The van der Waals surface area contributed by atoms with Crippen molar-refractivity contribution in [2.45, 2.75) is 6.92 Å². The number of anilines is 3. The lowest BCUT2D eigenvalue weighted by Crippen LogP contribution is -2.06. The van der Waals surface area contributed by atoms with E-state index in [0.29, 0.717) is 48.2 Å². The fourth-order valence-corrected chi connectivity index (χ4v) is 2.99. The lowest BCUT2D eigenvalue weighted by Gasteiger charge is -2.10. The molecule has 0 aliphatic carbocycles. The van der Waals surface area contributed by atoms with Crippen LogP contribution in [0.2, 0.25) is 0 Å². The number of nitrogens with zero attached hydrogens (tertiary/aromatic N) is 3. The lowest BCUT2D eigenvalue weighted by molar-refractivity contribution is 0.143. The van der Waals surface area contributed by atoms with Crippen LogP contribution in [-0.4, -0.2) is 40.5 Å². The van der Waals surface area contributed by atoms with Crippen LogP contribution in [0.15, 0.2) is 60.7 Å². The van der Waals surface area contributed by atoms with E-state index in [9.17, 15) is 0 Å². The van der Waals surface area contributed by atoms with Crippen LogP contribution >= 0.6 is 0 Å². The number of benzene rings is 2. The summed E-state index contributed by atoms with van der Waals surface area (Å²) >= 11 is 0. The molecule has 0 amide bonds. The number of nitrogens with one attached hydrogen (secondary N) is 2. The highest BCUT2D eigenvalue weighted by Gasteiger charge is 2.08. The zero-order valence-electron chi connectivity index (χ0n) is 17.8. The van der Waals surface area contributed by atoms with Gasteiger partial charge in [-0.3, -0.25) is 0 Å². The molecule has 32 heavy (non-hydrogen) atoms. The number of hydrogen-bond acceptors (Lipinski definition) is 8. The second-order valence-electron chi connectivity index (χ2n) is 7.05. The van der Waals surface area contributed by atoms with Crippen LogP contribution in [0.5, 0.6) is 17.4 Å². The van der Waals surface area contributed by atoms with Gasteiger partial charge in [0.1, 0.15) is 23.9 Å². The quantitative estimate of drug-likeness (QED) is 0.335. The van der Waals surface area contributed by atoms with Crippen molar-refractivity contribution in [2.24, 2.45) is 0 Å². The molecule has 0 atom stereocenters. The number of H-pyrrole nitrogens is 1. The molecule has 164 valence electrons. The summed E-state index contributed by atoms with van der Waals surface area (Å²) in [5.41, 5.74) is 8.84. The largest absolute Gasteiger partial charge is 0.475 e. The number of aryl methyl sites for hydroxylation is 1. The zero-order chi connectivity index (χ0) is 22.3. The molecule has 2 aromatic carbocycles. The summed E-state index contributed by atoms with van der Waals surface area (Å²) in [6.07, 6.45) is 0. The summed E-state index contributed by atoms with van der Waals surface area (Å²) in [7, 11) is 1.61. The van der Waals surface area contributed by atoms with Crippen LogP contribution < -0.4 is 20.5 Å². The molecule has 9 heteroatoms. The van der Waals surface area contributed by atoms with Gasteiger partial charge in [-0.15, -0.1) is 10.2 Å². The van der Waals surface area contributed by atoms with Crippen molar-refractivity contribution < 1.29 is 14.2 Å². The van der Waals surface area contributed by atoms with E-state index in [4.69, 9.17) is 19.9 Å². The fraction of sp³-hybridized carbons (Fsp3) is 0.174. The van der Waals surface area contributed by atoms with Gasteiger partial charge in [0.15, 0.2) is 5.82 Å². The minimum absolute atomic E-state index is 0.307. The third-order valence-electron chi connectivity index (χ3n) is 4.46. The topological polar surface area (TPSA) is 120 Å². The predicted octanol–water partition coefficient (Wildman–Crippen LogP) is 4.32. The van der Waals surface area contributed by atoms with Gasteiger partial charge in [0.2, 0.25) is 11.8 Å². The number of ether oxygens (including phenoxy) is 3. The van der Waals surface area contributed by atoms with E-state index in [-0.39, 0.29) is 0 Å². The molecule has 0 aliphatic rings. The zero-order valence-corrected chi connectivity index (χ0v) is 17.8. The van der Waals surface area contributed by atoms with E-state index >= 15 is 0 Å². The number of methoxy groups -OCH3 is 1. The van der Waals surface area contributed by atoms with Crippen LogP contribution in [0, 0.1) is 6.92 Å². The Balaban J connectivity index is 1.42. The first-order chi connectivity index (χ1) is 15.6. The second kappa shape index (κ2) is 9.80. The number of nitrogens with two attached hydrogens (primary N) is 1. The van der Waals surface area contributed by atoms with E-state index in [1.807, 2.05) is 55.5 Å². The maximum atomic E-state index is 5.90. The van der Waals surface area contributed by atoms with E-state index in [2.05, 4.69) is 25.5 Å². The summed E-state index contributed by atoms with van der Waals surface area (Å²) in [4.78, 5) is 7.31. The molecule has 0 radical (unpaired) electrons. The Morgan fingerprint density at radius 1 is 0.969 bits per heavy atom. The molecule has 4 N–H and O–H groups in total. The molecule has 0 bridgehead atoms. The molecule has 0 saturated carbocycles. The molecule has 0 aliphatic heterocycles. The highest BCUT2D eigenvalue weighted by Crippen LogP contribution is 2.28. The Morgan fingerprint density at radius 2 is 1.81 bits per heavy atom. The normalized spacial score (nSPS) is 10.7. The molecule has 0 fully saturated rings. The van der Waals surface area contributed by atoms with Crippen LogP contribution in [-0.2, 0) is 4.74 Å². The molecule has 0 saturated heterocycles. The average molecular weight is 432 g/mol. The van der Waals surface area contributed by atoms with Gasteiger partial charge in [0, 0.05) is 30.5 Å². The highest BCUT2D eigenvalue weighted by atomic mass is 16.5. The van der Waals surface area contributed by atoms with Crippen molar-refractivity contribution in [1.82, 2.24) is 20.2 Å². The molecule has 0 unspecified atom stereocenters. The third kappa shape index (κ3) is 5.52. The Bertz CT molecular complexity index is 1180. The van der Waals surface area contributed by atoms with Gasteiger partial charge >= 0.3 is 0 Å². The summed E-state index contributed by atoms with van der Waals surface area (Å²) in [5.74, 6) is 3.07. The van der Waals surface area contributed by atoms with Crippen LogP contribution in [0.4, 0.5) is 17.5 Å². The van der Waals surface area contributed by atoms with Crippen LogP contribution in [0.25, 0.3) is 11.4 Å². The number of rotatable bonds is 9. The number of aromatic nitrogens is 4. The van der Waals surface area contributed by atoms with Gasteiger partial charge in [-0.1, -0.05) is 12.1 Å².